The second-order valence-corrected chi connectivity index (χ2v) is 5.67. The van der Waals surface area contributed by atoms with Crippen LogP contribution in [0.2, 0.25) is 10.0 Å². The van der Waals surface area contributed by atoms with Gasteiger partial charge in [0.1, 0.15) is 5.76 Å². The molecule has 0 spiro atoms. The Balaban J connectivity index is 2.47. The highest BCUT2D eigenvalue weighted by Crippen LogP contribution is 2.36. The fourth-order valence-corrected chi connectivity index (χ4v) is 2.75. The van der Waals surface area contributed by atoms with Crippen molar-refractivity contribution in [1.29, 1.82) is 0 Å². The van der Waals surface area contributed by atoms with Gasteiger partial charge in [-0.15, -0.1) is 0 Å². The Morgan fingerprint density at radius 1 is 1.32 bits per heavy atom. The third-order valence-corrected chi connectivity index (χ3v) is 4.03. The SMILES string of the molecule is CC(Cc1ccco1)(C(=O)Cl)c1ccc(Cl)cc1Cl. The Hall–Kier alpha value is -0.960. The Morgan fingerprint density at radius 2 is 2.05 bits per heavy atom. The van der Waals surface area contributed by atoms with Gasteiger partial charge in [-0.3, -0.25) is 4.79 Å². The van der Waals surface area contributed by atoms with Crippen molar-refractivity contribution >= 4 is 40.0 Å². The van der Waals surface area contributed by atoms with Crippen molar-refractivity contribution in [1.82, 2.24) is 0 Å². The largest absolute Gasteiger partial charge is 0.469 e. The van der Waals surface area contributed by atoms with Crippen molar-refractivity contribution in [3.8, 4) is 0 Å². The lowest BCUT2D eigenvalue weighted by Gasteiger charge is -2.26. The van der Waals surface area contributed by atoms with Crippen LogP contribution in [-0.4, -0.2) is 5.24 Å². The molecule has 0 saturated heterocycles. The van der Waals surface area contributed by atoms with E-state index in [1.54, 1.807) is 43.5 Å². The van der Waals surface area contributed by atoms with Gasteiger partial charge in [0, 0.05) is 16.5 Å². The lowest BCUT2D eigenvalue weighted by atomic mass is 9.80. The van der Waals surface area contributed by atoms with E-state index in [4.69, 9.17) is 39.2 Å². The average Bonchev–Trinajstić information content (AvgIpc) is 2.81. The van der Waals surface area contributed by atoms with Crippen LogP contribution < -0.4 is 0 Å². The van der Waals surface area contributed by atoms with Gasteiger partial charge in [-0.1, -0.05) is 29.3 Å². The van der Waals surface area contributed by atoms with E-state index in [-0.39, 0.29) is 0 Å². The van der Waals surface area contributed by atoms with Crippen LogP contribution in [-0.2, 0) is 16.6 Å². The molecule has 0 amide bonds. The molecular formula is C14H11Cl3O2. The molecule has 2 nitrogen and oxygen atoms in total. The lowest BCUT2D eigenvalue weighted by molar-refractivity contribution is -0.116. The molecule has 0 bridgehead atoms. The minimum atomic E-state index is -0.957. The van der Waals surface area contributed by atoms with Gasteiger partial charge >= 0.3 is 0 Å². The summed E-state index contributed by atoms with van der Waals surface area (Å²) < 4.78 is 5.28. The number of hydrogen-bond donors (Lipinski definition) is 0. The van der Waals surface area contributed by atoms with Crippen LogP contribution in [0.15, 0.2) is 41.0 Å². The number of carbonyl (C=O) groups excluding carboxylic acids is 1. The quantitative estimate of drug-likeness (QED) is 0.754. The molecule has 1 unspecified atom stereocenters. The fraction of sp³-hybridized carbons (Fsp3) is 0.214. The van der Waals surface area contributed by atoms with Gasteiger partial charge < -0.3 is 4.42 Å². The molecule has 1 aromatic heterocycles. The van der Waals surface area contributed by atoms with E-state index in [9.17, 15) is 4.79 Å². The zero-order valence-corrected chi connectivity index (χ0v) is 12.4. The highest BCUT2D eigenvalue weighted by Gasteiger charge is 2.36. The van der Waals surface area contributed by atoms with Crippen molar-refractivity contribution in [3.63, 3.8) is 0 Å². The molecular weight excluding hydrogens is 307 g/mol. The van der Waals surface area contributed by atoms with Crippen molar-refractivity contribution < 1.29 is 9.21 Å². The molecule has 19 heavy (non-hydrogen) atoms. The highest BCUT2D eigenvalue weighted by atomic mass is 35.5. The van der Waals surface area contributed by atoms with Gasteiger partial charge in [0.15, 0.2) is 0 Å². The van der Waals surface area contributed by atoms with Crippen LogP contribution in [0, 0.1) is 0 Å². The van der Waals surface area contributed by atoms with Crippen LogP contribution in [0.3, 0.4) is 0 Å². The van der Waals surface area contributed by atoms with E-state index >= 15 is 0 Å². The van der Waals surface area contributed by atoms with Crippen LogP contribution in [0.1, 0.15) is 18.2 Å². The molecule has 1 atom stereocenters. The van der Waals surface area contributed by atoms with Gasteiger partial charge in [-0.25, -0.2) is 0 Å². The van der Waals surface area contributed by atoms with Crippen molar-refractivity contribution in [2.45, 2.75) is 18.8 Å². The summed E-state index contributed by atoms with van der Waals surface area (Å²) in [7, 11) is 0. The number of halogens is 3. The first-order valence-corrected chi connectivity index (χ1v) is 6.75. The number of rotatable bonds is 4. The summed E-state index contributed by atoms with van der Waals surface area (Å²) in [5.74, 6) is 0.669. The zero-order chi connectivity index (χ0) is 14.0. The standard InChI is InChI=1S/C14H11Cl3O2/c1-14(13(17)18,8-10-3-2-6-19-10)11-5-4-9(15)7-12(11)16/h2-7H,8H2,1H3. The van der Waals surface area contributed by atoms with E-state index in [1.807, 2.05) is 0 Å². The third-order valence-electron chi connectivity index (χ3n) is 3.07. The molecule has 0 aliphatic carbocycles. The monoisotopic (exact) mass is 316 g/mol. The average molecular weight is 318 g/mol. The minimum absolute atomic E-state index is 0.337. The number of carbonyl (C=O) groups is 1. The molecule has 2 aromatic rings. The lowest BCUT2D eigenvalue weighted by Crippen LogP contribution is -2.32. The van der Waals surface area contributed by atoms with Crippen LogP contribution in [0.4, 0.5) is 0 Å². The zero-order valence-electron chi connectivity index (χ0n) is 10.1. The number of furan rings is 1. The summed E-state index contributed by atoms with van der Waals surface area (Å²) in [4.78, 5) is 11.9. The Kier molecular flexibility index (Phi) is 4.24. The van der Waals surface area contributed by atoms with Gasteiger partial charge in [0.25, 0.3) is 0 Å². The Bertz CT molecular complexity index is 593. The Morgan fingerprint density at radius 3 is 2.58 bits per heavy atom. The van der Waals surface area contributed by atoms with Gasteiger partial charge in [-0.05, 0) is 48.4 Å². The summed E-state index contributed by atoms with van der Waals surface area (Å²) in [6.07, 6.45) is 1.89. The first-order chi connectivity index (χ1) is 8.93. The van der Waals surface area contributed by atoms with Crippen molar-refractivity contribution in [2.75, 3.05) is 0 Å². The fourth-order valence-electron chi connectivity index (χ4n) is 1.97. The molecule has 5 heteroatoms. The maximum absolute atomic E-state index is 11.9. The van der Waals surface area contributed by atoms with Gasteiger partial charge in [0.2, 0.25) is 5.24 Å². The van der Waals surface area contributed by atoms with Crippen LogP contribution in [0.25, 0.3) is 0 Å². The second-order valence-electron chi connectivity index (χ2n) is 4.49. The molecule has 0 saturated carbocycles. The number of hydrogen-bond acceptors (Lipinski definition) is 2. The molecule has 0 radical (unpaired) electrons. The van der Waals surface area contributed by atoms with E-state index < -0.39 is 10.7 Å². The van der Waals surface area contributed by atoms with E-state index in [0.717, 1.165) is 0 Å². The molecule has 2 rings (SSSR count). The second kappa shape index (κ2) is 5.58. The summed E-state index contributed by atoms with van der Waals surface area (Å²) in [5, 5.41) is 0.430. The summed E-state index contributed by atoms with van der Waals surface area (Å²) in [5.41, 5.74) is -0.323. The topological polar surface area (TPSA) is 30.2 Å². The Labute approximate surface area is 126 Å². The normalized spacial score (nSPS) is 14.1. The molecule has 0 N–H and O–H groups in total. The predicted octanol–water partition coefficient (Wildman–Crippen LogP) is 4.85. The maximum Gasteiger partial charge on any atom is 0.232 e. The first-order valence-electron chi connectivity index (χ1n) is 5.61. The van der Waals surface area contributed by atoms with E-state index in [2.05, 4.69) is 0 Å². The molecule has 0 aliphatic heterocycles. The molecule has 0 fully saturated rings. The van der Waals surface area contributed by atoms with Crippen molar-refractivity contribution in [2.24, 2.45) is 0 Å². The summed E-state index contributed by atoms with van der Waals surface area (Å²) in [6, 6.07) is 8.55. The minimum Gasteiger partial charge on any atom is -0.469 e. The van der Waals surface area contributed by atoms with Crippen molar-refractivity contribution in [3.05, 3.63) is 58.0 Å². The summed E-state index contributed by atoms with van der Waals surface area (Å²) in [6.45, 7) is 1.74. The highest BCUT2D eigenvalue weighted by molar-refractivity contribution is 6.65. The predicted molar refractivity (Wildman–Crippen MR) is 77.1 cm³/mol. The van der Waals surface area contributed by atoms with Crippen LogP contribution in [0.5, 0.6) is 0 Å². The molecule has 1 heterocycles. The van der Waals surface area contributed by atoms with Crippen LogP contribution >= 0.6 is 34.8 Å². The first kappa shape index (κ1) is 14.4. The molecule has 1 aromatic carbocycles. The molecule has 0 aliphatic rings. The summed E-state index contributed by atoms with van der Waals surface area (Å²) >= 11 is 17.8. The van der Waals surface area contributed by atoms with E-state index in [0.29, 0.717) is 27.8 Å². The molecule has 100 valence electrons. The smallest absolute Gasteiger partial charge is 0.232 e. The maximum atomic E-state index is 11.9. The van der Waals surface area contributed by atoms with E-state index in [1.165, 1.54) is 0 Å². The number of benzene rings is 1. The van der Waals surface area contributed by atoms with Gasteiger partial charge in [-0.2, -0.15) is 0 Å². The third kappa shape index (κ3) is 2.97. The van der Waals surface area contributed by atoms with Gasteiger partial charge in [0.05, 0.1) is 11.7 Å².